The Bertz CT molecular complexity index is 236. The highest BCUT2D eigenvalue weighted by Crippen LogP contribution is 2.05. The summed E-state index contributed by atoms with van der Waals surface area (Å²) in [7, 11) is 4.24. The van der Waals surface area contributed by atoms with Gasteiger partial charge in [0.05, 0.1) is 0 Å². The second-order valence-corrected chi connectivity index (χ2v) is 3.89. The predicted octanol–water partition coefficient (Wildman–Crippen LogP) is 3.52. The maximum Gasteiger partial charge on any atom is -0.00217 e. The minimum Gasteiger partial charge on any atom is -0.309 e. The summed E-state index contributed by atoms with van der Waals surface area (Å²) in [4.78, 5) is 2.23. The maximum atomic E-state index is 2.23. The summed E-state index contributed by atoms with van der Waals surface area (Å²) < 4.78 is 0. The van der Waals surface area contributed by atoms with E-state index in [1.807, 2.05) is 13.8 Å². The van der Waals surface area contributed by atoms with Crippen LogP contribution in [0.25, 0.3) is 0 Å². The summed E-state index contributed by atoms with van der Waals surface area (Å²) in [6.07, 6.45) is 2.44. The highest BCUT2D eigenvalue weighted by molar-refractivity contribution is 5.21. The highest BCUT2D eigenvalue weighted by Gasteiger charge is 1.93. The van der Waals surface area contributed by atoms with Crippen LogP contribution in [0.1, 0.15) is 31.4 Å². The van der Waals surface area contributed by atoms with Gasteiger partial charge in [0.15, 0.2) is 0 Å². The highest BCUT2D eigenvalue weighted by atomic mass is 15.0. The number of hydrogen-bond donors (Lipinski definition) is 0. The smallest absolute Gasteiger partial charge is 0.00217 e. The third kappa shape index (κ3) is 7.15. The molecule has 1 heteroatoms. The molecule has 0 aliphatic carbocycles. The Hall–Kier alpha value is -0.820. The molecule has 15 heavy (non-hydrogen) atoms. The van der Waals surface area contributed by atoms with Crippen molar-refractivity contribution in [3.63, 3.8) is 0 Å². The van der Waals surface area contributed by atoms with Gasteiger partial charge in [-0.2, -0.15) is 0 Å². The molecule has 0 bridgehead atoms. The molecule has 1 rings (SSSR count). The molecule has 1 aromatic carbocycles. The molecule has 1 aromatic rings. The van der Waals surface area contributed by atoms with Gasteiger partial charge in [0.2, 0.25) is 0 Å². The van der Waals surface area contributed by atoms with Crippen molar-refractivity contribution in [2.24, 2.45) is 0 Å². The first kappa shape index (κ1) is 14.2. The van der Waals surface area contributed by atoms with Crippen LogP contribution >= 0.6 is 0 Å². The SMILES string of the molecule is CC.Cc1ccc(CCCN(C)C)cc1. The second-order valence-electron chi connectivity index (χ2n) is 3.89. The van der Waals surface area contributed by atoms with Crippen LogP contribution in [0.5, 0.6) is 0 Å². The van der Waals surface area contributed by atoms with E-state index < -0.39 is 0 Å². The monoisotopic (exact) mass is 207 g/mol. The van der Waals surface area contributed by atoms with E-state index in [0.717, 1.165) is 0 Å². The molecule has 0 saturated heterocycles. The number of hydrogen-bond acceptors (Lipinski definition) is 1. The third-order valence-electron chi connectivity index (χ3n) is 2.19. The quantitative estimate of drug-likeness (QED) is 0.730. The van der Waals surface area contributed by atoms with Gasteiger partial charge in [0, 0.05) is 0 Å². The fourth-order valence-electron chi connectivity index (χ4n) is 1.35. The van der Waals surface area contributed by atoms with Crippen LogP contribution in [0.2, 0.25) is 0 Å². The Morgan fingerprint density at radius 2 is 1.53 bits per heavy atom. The van der Waals surface area contributed by atoms with Crippen molar-refractivity contribution in [2.75, 3.05) is 20.6 Å². The van der Waals surface area contributed by atoms with Crippen LogP contribution in [0, 0.1) is 6.92 Å². The van der Waals surface area contributed by atoms with Crippen molar-refractivity contribution in [1.29, 1.82) is 0 Å². The maximum absolute atomic E-state index is 2.23. The molecular formula is C14H25N. The second kappa shape index (κ2) is 8.49. The van der Waals surface area contributed by atoms with Gasteiger partial charge < -0.3 is 4.90 Å². The van der Waals surface area contributed by atoms with E-state index in [1.54, 1.807) is 0 Å². The summed E-state index contributed by atoms with van der Waals surface area (Å²) in [6, 6.07) is 8.83. The van der Waals surface area contributed by atoms with Gasteiger partial charge in [-0.25, -0.2) is 0 Å². The van der Waals surface area contributed by atoms with Crippen LogP contribution in [0.15, 0.2) is 24.3 Å². The lowest BCUT2D eigenvalue weighted by Crippen LogP contribution is -2.13. The van der Waals surface area contributed by atoms with Crippen LogP contribution in [0.3, 0.4) is 0 Å². The van der Waals surface area contributed by atoms with E-state index >= 15 is 0 Å². The van der Waals surface area contributed by atoms with E-state index in [-0.39, 0.29) is 0 Å². The molecule has 0 aromatic heterocycles. The molecule has 0 spiro atoms. The zero-order valence-electron chi connectivity index (χ0n) is 10.9. The van der Waals surface area contributed by atoms with Gasteiger partial charge in [0.1, 0.15) is 0 Å². The standard InChI is InChI=1S/C12H19N.C2H6/c1-11-6-8-12(9-7-11)5-4-10-13(2)3;1-2/h6-9H,4-5,10H2,1-3H3;1-2H3. The zero-order chi connectivity index (χ0) is 11.7. The van der Waals surface area contributed by atoms with Gasteiger partial charge in [-0.1, -0.05) is 43.7 Å². The van der Waals surface area contributed by atoms with Gasteiger partial charge in [-0.3, -0.25) is 0 Å². The molecule has 1 nitrogen and oxygen atoms in total. The molecule has 0 aliphatic rings. The first-order valence-electron chi connectivity index (χ1n) is 5.89. The molecule has 0 atom stereocenters. The lowest BCUT2D eigenvalue weighted by Gasteiger charge is -2.08. The molecule has 0 saturated carbocycles. The fraction of sp³-hybridized carbons (Fsp3) is 0.571. The Morgan fingerprint density at radius 1 is 1.00 bits per heavy atom. The van der Waals surface area contributed by atoms with E-state index in [1.165, 1.54) is 30.5 Å². The molecule has 0 N–H and O–H groups in total. The minimum absolute atomic E-state index is 1.17. The molecular weight excluding hydrogens is 182 g/mol. The van der Waals surface area contributed by atoms with Crippen LogP contribution < -0.4 is 0 Å². The Labute approximate surface area is 95.1 Å². The predicted molar refractivity (Wildman–Crippen MR) is 69.4 cm³/mol. The van der Waals surface area contributed by atoms with E-state index in [0.29, 0.717) is 0 Å². The average Bonchev–Trinajstić information content (AvgIpc) is 2.23. The van der Waals surface area contributed by atoms with Gasteiger partial charge >= 0.3 is 0 Å². The van der Waals surface area contributed by atoms with Crippen molar-refractivity contribution < 1.29 is 0 Å². The minimum atomic E-state index is 1.17. The summed E-state index contributed by atoms with van der Waals surface area (Å²) >= 11 is 0. The van der Waals surface area contributed by atoms with E-state index in [2.05, 4.69) is 50.2 Å². The molecule has 0 radical (unpaired) electrons. The number of benzene rings is 1. The van der Waals surface area contributed by atoms with Crippen LogP contribution in [-0.4, -0.2) is 25.5 Å². The third-order valence-corrected chi connectivity index (χ3v) is 2.19. The first-order valence-corrected chi connectivity index (χ1v) is 5.89. The lowest BCUT2D eigenvalue weighted by atomic mass is 10.1. The summed E-state index contributed by atoms with van der Waals surface area (Å²) in [5, 5.41) is 0. The number of nitrogens with zero attached hydrogens (tertiary/aromatic N) is 1. The zero-order valence-corrected chi connectivity index (χ0v) is 10.9. The van der Waals surface area contributed by atoms with Gasteiger partial charge in [-0.15, -0.1) is 0 Å². The number of rotatable bonds is 4. The molecule has 86 valence electrons. The van der Waals surface area contributed by atoms with Crippen molar-refractivity contribution >= 4 is 0 Å². The number of aryl methyl sites for hydroxylation is 2. The van der Waals surface area contributed by atoms with Crippen molar-refractivity contribution in [2.45, 2.75) is 33.6 Å². The molecule has 0 unspecified atom stereocenters. The summed E-state index contributed by atoms with van der Waals surface area (Å²) in [6.45, 7) is 7.30. The van der Waals surface area contributed by atoms with Crippen molar-refractivity contribution in [1.82, 2.24) is 4.90 Å². The Balaban J connectivity index is 0.000000921. The van der Waals surface area contributed by atoms with Crippen LogP contribution in [-0.2, 0) is 6.42 Å². The van der Waals surface area contributed by atoms with Crippen molar-refractivity contribution in [3.05, 3.63) is 35.4 Å². The van der Waals surface area contributed by atoms with Crippen molar-refractivity contribution in [3.8, 4) is 0 Å². The van der Waals surface area contributed by atoms with Gasteiger partial charge in [0.25, 0.3) is 0 Å². The average molecular weight is 207 g/mol. The largest absolute Gasteiger partial charge is 0.309 e. The summed E-state index contributed by atoms with van der Waals surface area (Å²) in [5.41, 5.74) is 2.80. The molecule has 0 heterocycles. The topological polar surface area (TPSA) is 3.24 Å². The normalized spacial score (nSPS) is 9.73. The first-order chi connectivity index (χ1) is 7.18. The lowest BCUT2D eigenvalue weighted by molar-refractivity contribution is 0.400. The fourth-order valence-corrected chi connectivity index (χ4v) is 1.35. The van der Waals surface area contributed by atoms with Crippen LogP contribution in [0.4, 0.5) is 0 Å². The molecule has 0 fully saturated rings. The Kier molecular flexibility index (Phi) is 8.02. The molecule has 0 aliphatic heterocycles. The van der Waals surface area contributed by atoms with Gasteiger partial charge in [-0.05, 0) is 46.0 Å². The Morgan fingerprint density at radius 3 is 2.00 bits per heavy atom. The molecule has 0 amide bonds. The van der Waals surface area contributed by atoms with E-state index in [9.17, 15) is 0 Å². The summed E-state index contributed by atoms with van der Waals surface area (Å²) in [5.74, 6) is 0. The van der Waals surface area contributed by atoms with E-state index in [4.69, 9.17) is 0 Å².